The Morgan fingerprint density at radius 3 is 2.41 bits per heavy atom. The Morgan fingerprint density at radius 2 is 1.66 bits per heavy atom. The number of carbonyl (C=O) groups excluding carboxylic acids is 1. The number of nitrogens with zero attached hydrogens (tertiary/aromatic N) is 2. The molecule has 1 saturated heterocycles. The number of fused-ring (bicyclic) bond motifs is 4. The smallest absolute Gasteiger partial charge is 0.253 e. The van der Waals surface area contributed by atoms with Gasteiger partial charge in [-0.2, -0.15) is 0 Å². The predicted molar refractivity (Wildman–Crippen MR) is 109 cm³/mol. The van der Waals surface area contributed by atoms with Gasteiger partial charge in [0.15, 0.2) is 0 Å². The summed E-state index contributed by atoms with van der Waals surface area (Å²) in [6.07, 6.45) is 0.969. The minimum atomic E-state index is -0.349. The number of aromatic nitrogens is 1. The van der Waals surface area contributed by atoms with Crippen LogP contribution in [-0.2, 0) is 6.54 Å². The van der Waals surface area contributed by atoms with E-state index in [1.807, 2.05) is 33.7 Å². The van der Waals surface area contributed by atoms with Gasteiger partial charge in [-0.1, -0.05) is 30.3 Å². The number of halogens is 1. The van der Waals surface area contributed by atoms with Crippen molar-refractivity contribution in [3.05, 3.63) is 94.2 Å². The molecular formula is C24H21FN2O2. The van der Waals surface area contributed by atoms with E-state index in [2.05, 4.69) is 12.1 Å². The molecule has 2 unspecified atom stereocenters. The molecule has 3 heterocycles. The molecule has 2 atom stereocenters. The topological polar surface area (TPSA) is 42.3 Å². The number of likely N-dealkylation sites (tertiary alicyclic amines) is 1. The monoisotopic (exact) mass is 388 g/mol. The van der Waals surface area contributed by atoms with Gasteiger partial charge in [-0.3, -0.25) is 9.59 Å². The van der Waals surface area contributed by atoms with Crippen molar-refractivity contribution in [3.8, 4) is 11.1 Å². The number of rotatable bonds is 2. The molecule has 4 nitrogen and oxygen atoms in total. The van der Waals surface area contributed by atoms with Crippen molar-refractivity contribution < 1.29 is 9.18 Å². The molecule has 2 aromatic carbocycles. The zero-order chi connectivity index (χ0) is 20.0. The summed E-state index contributed by atoms with van der Waals surface area (Å²) >= 11 is 0. The fraction of sp³-hybridized carbons (Fsp3) is 0.250. The normalized spacial score (nSPS) is 20.2. The fourth-order valence-electron chi connectivity index (χ4n) is 4.82. The second-order valence-corrected chi connectivity index (χ2v) is 7.96. The standard InChI is InChI=1S/C24H21FN2O2/c25-20-8-6-18(7-9-20)24(29)26-13-16-12-19(15-26)23-21(17-4-2-1-3-5-17)10-11-22(28)27(23)14-16/h1-11,16,19H,12-15H2. The van der Waals surface area contributed by atoms with E-state index in [9.17, 15) is 14.0 Å². The maximum Gasteiger partial charge on any atom is 0.253 e. The van der Waals surface area contributed by atoms with Crippen LogP contribution in [0.5, 0.6) is 0 Å². The first-order chi connectivity index (χ1) is 14.1. The van der Waals surface area contributed by atoms with Gasteiger partial charge in [-0.05, 0) is 48.2 Å². The summed E-state index contributed by atoms with van der Waals surface area (Å²) < 4.78 is 15.1. The van der Waals surface area contributed by atoms with Crippen LogP contribution in [0, 0.1) is 11.7 Å². The molecule has 1 aromatic heterocycles. The first-order valence-electron chi connectivity index (χ1n) is 9.94. The Morgan fingerprint density at radius 1 is 0.897 bits per heavy atom. The van der Waals surface area contributed by atoms with Gasteiger partial charge in [-0.15, -0.1) is 0 Å². The van der Waals surface area contributed by atoms with E-state index in [1.165, 1.54) is 24.3 Å². The van der Waals surface area contributed by atoms with Gasteiger partial charge in [0.2, 0.25) is 0 Å². The molecule has 146 valence electrons. The average molecular weight is 388 g/mol. The number of piperidine rings is 1. The summed E-state index contributed by atoms with van der Waals surface area (Å²) in [4.78, 5) is 27.5. The van der Waals surface area contributed by atoms with Crippen LogP contribution in [0.15, 0.2) is 71.5 Å². The van der Waals surface area contributed by atoms with Crippen LogP contribution in [0.4, 0.5) is 4.39 Å². The first-order valence-corrected chi connectivity index (χ1v) is 9.94. The van der Waals surface area contributed by atoms with E-state index in [0.29, 0.717) is 25.2 Å². The third-order valence-electron chi connectivity index (χ3n) is 6.05. The van der Waals surface area contributed by atoms with Gasteiger partial charge in [0.1, 0.15) is 5.82 Å². The summed E-state index contributed by atoms with van der Waals surface area (Å²) in [7, 11) is 0. The molecule has 0 saturated carbocycles. The Hall–Kier alpha value is -3.21. The van der Waals surface area contributed by atoms with Gasteiger partial charge in [-0.25, -0.2) is 4.39 Å². The molecule has 2 aliphatic rings. The van der Waals surface area contributed by atoms with E-state index in [-0.39, 0.29) is 29.1 Å². The molecule has 0 spiro atoms. The van der Waals surface area contributed by atoms with Crippen molar-refractivity contribution in [3.63, 3.8) is 0 Å². The lowest BCUT2D eigenvalue weighted by molar-refractivity contribution is 0.0595. The first kappa shape index (κ1) is 17.9. The molecule has 0 radical (unpaired) electrons. The Bertz CT molecular complexity index is 1120. The van der Waals surface area contributed by atoms with E-state index >= 15 is 0 Å². The number of pyridine rings is 1. The van der Waals surface area contributed by atoms with Crippen LogP contribution >= 0.6 is 0 Å². The van der Waals surface area contributed by atoms with Crippen molar-refractivity contribution in [2.24, 2.45) is 5.92 Å². The molecule has 29 heavy (non-hydrogen) atoms. The van der Waals surface area contributed by atoms with Gasteiger partial charge >= 0.3 is 0 Å². The quantitative estimate of drug-likeness (QED) is 0.668. The average Bonchev–Trinajstić information content (AvgIpc) is 2.75. The van der Waals surface area contributed by atoms with E-state index < -0.39 is 0 Å². The maximum absolute atomic E-state index is 13.2. The highest BCUT2D eigenvalue weighted by Crippen LogP contribution is 2.40. The molecule has 5 rings (SSSR count). The van der Waals surface area contributed by atoms with Gasteiger partial charge in [0.25, 0.3) is 11.5 Å². The summed E-state index contributed by atoms with van der Waals surface area (Å²) in [6, 6.07) is 19.3. The molecule has 1 amide bonds. The number of hydrogen-bond acceptors (Lipinski definition) is 2. The minimum Gasteiger partial charge on any atom is -0.338 e. The molecule has 0 N–H and O–H groups in total. The van der Waals surface area contributed by atoms with E-state index in [4.69, 9.17) is 0 Å². The zero-order valence-corrected chi connectivity index (χ0v) is 15.9. The summed E-state index contributed by atoms with van der Waals surface area (Å²) in [6.45, 7) is 1.81. The van der Waals surface area contributed by atoms with Crippen LogP contribution in [-0.4, -0.2) is 28.5 Å². The predicted octanol–water partition coefficient (Wildman–Crippen LogP) is 3.91. The fourth-order valence-corrected chi connectivity index (χ4v) is 4.82. The summed E-state index contributed by atoms with van der Waals surface area (Å²) in [5.74, 6) is -0.0732. The highest BCUT2D eigenvalue weighted by molar-refractivity contribution is 5.94. The lowest BCUT2D eigenvalue weighted by atomic mass is 9.80. The number of hydrogen-bond donors (Lipinski definition) is 0. The Labute approximate surface area is 168 Å². The van der Waals surface area contributed by atoms with Gasteiger partial charge in [0, 0.05) is 48.4 Å². The van der Waals surface area contributed by atoms with Gasteiger partial charge < -0.3 is 9.47 Å². The van der Waals surface area contributed by atoms with E-state index in [0.717, 1.165) is 23.2 Å². The third kappa shape index (κ3) is 3.16. The highest BCUT2D eigenvalue weighted by Gasteiger charge is 2.38. The lowest BCUT2D eigenvalue weighted by Crippen LogP contribution is -2.49. The molecule has 2 aliphatic heterocycles. The van der Waals surface area contributed by atoms with Gasteiger partial charge in [0.05, 0.1) is 0 Å². The van der Waals surface area contributed by atoms with Crippen molar-refractivity contribution in [1.29, 1.82) is 0 Å². The molecule has 3 aromatic rings. The minimum absolute atomic E-state index is 0.0210. The number of amides is 1. The zero-order valence-electron chi connectivity index (χ0n) is 15.9. The molecular weight excluding hydrogens is 367 g/mol. The Kier molecular flexibility index (Phi) is 4.31. The molecule has 2 bridgehead atoms. The van der Waals surface area contributed by atoms with E-state index in [1.54, 1.807) is 6.07 Å². The second-order valence-electron chi connectivity index (χ2n) is 7.96. The molecule has 0 aliphatic carbocycles. The van der Waals surface area contributed by atoms with Crippen LogP contribution in [0.2, 0.25) is 0 Å². The maximum atomic E-state index is 13.2. The van der Waals surface area contributed by atoms with Crippen LogP contribution in [0.1, 0.15) is 28.4 Å². The Balaban J connectivity index is 1.53. The van der Waals surface area contributed by atoms with Crippen LogP contribution in [0.3, 0.4) is 0 Å². The summed E-state index contributed by atoms with van der Waals surface area (Å²) in [5.41, 5.74) is 3.69. The highest BCUT2D eigenvalue weighted by atomic mass is 19.1. The largest absolute Gasteiger partial charge is 0.338 e. The lowest BCUT2D eigenvalue weighted by Gasteiger charge is -2.43. The van der Waals surface area contributed by atoms with Crippen molar-refractivity contribution in [1.82, 2.24) is 9.47 Å². The SMILES string of the molecule is O=C(c1ccc(F)cc1)N1CC2CC(C1)c1c(-c3ccccc3)ccc(=O)n1C2. The molecule has 5 heteroatoms. The number of carbonyl (C=O) groups is 1. The molecule has 1 fully saturated rings. The number of benzene rings is 2. The van der Waals surface area contributed by atoms with Crippen LogP contribution < -0.4 is 5.56 Å². The van der Waals surface area contributed by atoms with Crippen molar-refractivity contribution >= 4 is 5.91 Å². The van der Waals surface area contributed by atoms with Crippen LogP contribution in [0.25, 0.3) is 11.1 Å². The second kappa shape index (κ2) is 6.99. The third-order valence-corrected chi connectivity index (χ3v) is 6.05. The summed E-state index contributed by atoms with van der Waals surface area (Å²) in [5, 5.41) is 0. The van der Waals surface area contributed by atoms with Crippen molar-refractivity contribution in [2.45, 2.75) is 18.9 Å². The van der Waals surface area contributed by atoms with Crippen molar-refractivity contribution in [2.75, 3.05) is 13.1 Å².